The van der Waals surface area contributed by atoms with Gasteiger partial charge in [-0.05, 0) is 25.0 Å². The van der Waals surface area contributed by atoms with Gasteiger partial charge in [0, 0.05) is 31.4 Å². The monoisotopic (exact) mass is 433 g/mol. The van der Waals surface area contributed by atoms with Crippen molar-refractivity contribution in [3.05, 3.63) is 40.1 Å². The Balaban J connectivity index is 0.00000242. The fourth-order valence-corrected chi connectivity index (χ4v) is 2.68. The second-order valence-corrected chi connectivity index (χ2v) is 5.76. The van der Waals surface area contributed by atoms with Crippen molar-refractivity contribution in [2.45, 2.75) is 33.4 Å². The molecule has 7 heteroatoms. The first-order valence-electron chi connectivity index (χ1n) is 7.27. The minimum Gasteiger partial charge on any atom is -0.357 e. The van der Waals surface area contributed by atoms with Crippen LogP contribution in [0.1, 0.15) is 30.1 Å². The summed E-state index contributed by atoms with van der Waals surface area (Å²) in [4.78, 5) is 9.15. The Morgan fingerprint density at radius 1 is 1.36 bits per heavy atom. The average Bonchev–Trinajstić information content (AvgIpc) is 3.10. The SMILES string of the molecule is CCNC(=NCc1ccn(C)c1)NCc1csc(CC)n1.I. The molecule has 2 N–H and O–H groups in total. The van der Waals surface area contributed by atoms with Gasteiger partial charge in [0.1, 0.15) is 0 Å². The van der Waals surface area contributed by atoms with Crippen LogP contribution in [0.15, 0.2) is 28.8 Å². The first-order chi connectivity index (χ1) is 10.2. The zero-order valence-electron chi connectivity index (χ0n) is 13.3. The molecule has 0 atom stereocenters. The molecule has 0 aliphatic rings. The molecule has 0 aliphatic heterocycles. The second-order valence-electron chi connectivity index (χ2n) is 4.82. The maximum atomic E-state index is 4.60. The van der Waals surface area contributed by atoms with Gasteiger partial charge < -0.3 is 15.2 Å². The van der Waals surface area contributed by atoms with Crippen LogP contribution in [-0.2, 0) is 26.6 Å². The van der Waals surface area contributed by atoms with E-state index in [1.165, 1.54) is 10.6 Å². The van der Waals surface area contributed by atoms with Crippen molar-refractivity contribution in [3.63, 3.8) is 0 Å². The highest BCUT2D eigenvalue weighted by molar-refractivity contribution is 14.0. The van der Waals surface area contributed by atoms with Crippen LogP contribution in [0.4, 0.5) is 0 Å². The highest BCUT2D eigenvalue weighted by atomic mass is 127. The first kappa shape index (κ1) is 19.0. The van der Waals surface area contributed by atoms with E-state index < -0.39 is 0 Å². The summed E-state index contributed by atoms with van der Waals surface area (Å²) in [5.41, 5.74) is 2.28. The van der Waals surface area contributed by atoms with Crippen LogP contribution < -0.4 is 10.6 Å². The van der Waals surface area contributed by atoms with Crippen molar-refractivity contribution >= 4 is 41.3 Å². The summed E-state index contributed by atoms with van der Waals surface area (Å²) in [5, 5.41) is 9.87. The molecular weight excluding hydrogens is 409 g/mol. The van der Waals surface area contributed by atoms with E-state index in [1.807, 2.05) is 17.8 Å². The van der Waals surface area contributed by atoms with Gasteiger partial charge in [-0.3, -0.25) is 0 Å². The highest BCUT2D eigenvalue weighted by Gasteiger charge is 2.02. The maximum absolute atomic E-state index is 4.60. The van der Waals surface area contributed by atoms with E-state index in [2.05, 4.69) is 52.1 Å². The molecule has 5 nitrogen and oxygen atoms in total. The average molecular weight is 433 g/mol. The molecule has 2 aromatic rings. The number of nitrogens with one attached hydrogen (secondary N) is 2. The zero-order chi connectivity index (χ0) is 15.1. The third-order valence-corrected chi connectivity index (χ3v) is 4.04. The van der Waals surface area contributed by atoms with Crippen molar-refractivity contribution in [3.8, 4) is 0 Å². The Hall–Kier alpha value is -1.09. The lowest BCUT2D eigenvalue weighted by atomic mass is 10.3. The number of rotatable bonds is 6. The summed E-state index contributed by atoms with van der Waals surface area (Å²) in [6.45, 7) is 6.42. The third-order valence-electron chi connectivity index (χ3n) is 3.00. The normalized spacial score (nSPS) is 11.1. The molecular formula is C15H24IN5S. The number of hydrogen-bond acceptors (Lipinski definition) is 3. The predicted molar refractivity (Wildman–Crippen MR) is 104 cm³/mol. The lowest BCUT2D eigenvalue weighted by molar-refractivity contribution is 0.799. The minimum atomic E-state index is 0. The largest absolute Gasteiger partial charge is 0.357 e. The lowest BCUT2D eigenvalue weighted by Crippen LogP contribution is -2.36. The molecule has 0 fully saturated rings. The molecule has 0 unspecified atom stereocenters. The van der Waals surface area contributed by atoms with E-state index >= 15 is 0 Å². The highest BCUT2D eigenvalue weighted by Crippen LogP contribution is 2.09. The summed E-state index contributed by atoms with van der Waals surface area (Å²) >= 11 is 1.71. The van der Waals surface area contributed by atoms with Crippen LogP contribution in [0.25, 0.3) is 0 Å². The zero-order valence-corrected chi connectivity index (χ0v) is 16.4. The van der Waals surface area contributed by atoms with E-state index in [1.54, 1.807) is 11.3 Å². The molecule has 0 radical (unpaired) electrons. The third kappa shape index (κ3) is 5.96. The lowest BCUT2D eigenvalue weighted by Gasteiger charge is -2.09. The Bertz CT molecular complexity index is 590. The van der Waals surface area contributed by atoms with Crippen LogP contribution in [0.2, 0.25) is 0 Å². The summed E-state index contributed by atoms with van der Waals surface area (Å²) < 4.78 is 2.03. The van der Waals surface area contributed by atoms with E-state index in [9.17, 15) is 0 Å². The van der Waals surface area contributed by atoms with Gasteiger partial charge in [0.25, 0.3) is 0 Å². The van der Waals surface area contributed by atoms with Crippen molar-refractivity contribution in [1.82, 2.24) is 20.2 Å². The fraction of sp³-hybridized carbons (Fsp3) is 0.467. The van der Waals surface area contributed by atoms with Gasteiger partial charge >= 0.3 is 0 Å². The summed E-state index contributed by atoms with van der Waals surface area (Å²) in [6.07, 6.45) is 5.11. The van der Waals surface area contributed by atoms with E-state index in [-0.39, 0.29) is 24.0 Å². The van der Waals surface area contributed by atoms with Crippen LogP contribution in [0.3, 0.4) is 0 Å². The van der Waals surface area contributed by atoms with Crippen LogP contribution in [-0.4, -0.2) is 22.1 Å². The van der Waals surface area contributed by atoms with Gasteiger partial charge in [-0.1, -0.05) is 6.92 Å². The Labute approximate surface area is 153 Å². The van der Waals surface area contributed by atoms with Gasteiger partial charge in [0.15, 0.2) is 5.96 Å². The number of halogens is 1. The number of aromatic nitrogens is 2. The van der Waals surface area contributed by atoms with Gasteiger partial charge in [-0.2, -0.15) is 0 Å². The summed E-state index contributed by atoms with van der Waals surface area (Å²) in [7, 11) is 2.02. The van der Waals surface area contributed by atoms with Crippen molar-refractivity contribution in [2.24, 2.45) is 12.0 Å². The molecule has 0 aliphatic carbocycles. The fourth-order valence-electron chi connectivity index (χ4n) is 1.93. The number of aliphatic imine (C=N–C) groups is 1. The van der Waals surface area contributed by atoms with Crippen molar-refractivity contribution < 1.29 is 0 Å². The molecule has 0 saturated heterocycles. The molecule has 0 saturated carbocycles. The number of nitrogens with zero attached hydrogens (tertiary/aromatic N) is 3. The standard InChI is InChI=1S/C15H23N5S.HI/c1-4-14-19-13(11-21-14)9-18-15(16-5-2)17-8-12-6-7-20(3)10-12;/h6-7,10-11H,4-5,8-9H2,1-3H3,(H2,16,17,18);1H. The molecule has 2 aromatic heterocycles. The Morgan fingerprint density at radius 3 is 2.77 bits per heavy atom. The van der Waals surface area contributed by atoms with E-state index in [4.69, 9.17) is 0 Å². The van der Waals surface area contributed by atoms with Gasteiger partial charge in [-0.15, -0.1) is 35.3 Å². The predicted octanol–water partition coefficient (Wildman–Crippen LogP) is 2.92. The number of guanidine groups is 1. The van der Waals surface area contributed by atoms with Crippen molar-refractivity contribution in [2.75, 3.05) is 6.54 Å². The van der Waals surface area contributed by atoms with Gasteiger partial charge in [0.05, 0.1) is 23.8 Å². The molecule has 22 heavy (non-hydrogen) atoms. The van der Waals surface area contributed by atoms with Gasteiger partial charge in [-0.25, -0.2) is 9.98 Å². The molecule has 0 spiro atoms. The first-order valence-corrected chi connectivity index (χ1v) is 8.15. The second kappa shape index (κ2) is 9.83. The number of aryl methyl sites for hydroxylation is 2. The smallest absolute Gasteiger partial charge is 0.191 e. The summed E-state index contributed by atoms with van der Waals surface area (Å²) in [6, 6.07) is 2.08. The van der Waals surface area contributed by atoms with Crippen LogP contribution in [0, 0.1) is 0 Å². The molecule has 0 aromatic carbocycles. The molecule has 122 valence electrons. The number of thiazole rings is 1. The van der Waals surface area contributed by atoms with Crippen molar-refractivity contribution in [1.29, 1.82) is 0 Å². The summed E-state index contributed by atoms with van der Waals surface area (Å²) in [5.74, 6) is 0.826. The Morgan fingerprint density at radius 2 is 2.18 bits per heavy atom. The van der Waals surface area contributed by atoms with Crippen LogP contribution >= 0.6 is 35.3 Å². The van der Waals surface area contributed by atoms with Gasteiger partial charge in [0.2, 0.25) is 0 Å². The molecule has 0 bridgehead atoms. The van der Waals surface area contributed by atoms with E-state index in [0.717, 1.165) is 24.6 Å². The Kier molecular flexibility index (Phi) is 8.47. The minimum absolute atomic E-state index is 0. The topological polar surface area (TPSA) is 54.2 Å². The molecule has 2 heterocycles. The number of hydrogen-bond donors (Lipinski definition) is 2. The van der Waals surface area contributed by atoms with E-state index in [0.29, 0.717) is 13.1 Å². The quantitative estimate of drug-likeness (QED) is 0.419. The maximum Gasteiger partial charge on any atom is 0.191 e. The molecule has 2 rings (SSSR count). The molecule has 0 amide bonds. The van der Waals surface area contributed by atoms with Crippen LogP contribution in [0.5, 0.6) is 0 Å².